The van der Waals surface area contributed by atoms with E-state index in [0.29, 0.717) is 24.2 Å². The van der Waals surface area contributed by atoms with Crippen molar-refractivity contribution in [2.24, 2.45) is 0 Å². The molecule has 0 atom stereocenters. The highest BCUT2D eigenvalue weighted by Gasteiger charge is 2.17. The third-order valence-electron chi connectivity index (χ3n) is 2.65. The Hall–Kier alpha value is -2.29. The zero-order valence-corrected chi connectivity index (χ0v) is 11.0. The van der Waals surface area contributed by atoms with Gasteiger partial charge in [-0.1, -0.05) is 0 Å². The molecule has 1 aromatic rings. The van der Waals surface area contributed by atoms with Crippen LogP contribution >= 0.6 is 0 Å². The fourth-order valence-electron chi connectivity index (χ4n) is 1.69. The van der Waals surface area contributed by atoms with Crippen LogP contribution < -0.4 is 0 Å². The van der Waals surface area contributed by atoms with E-state index in [9.17, 15) is 9.59 Å². The Balaban J connectivity index is 2.87. The minimum absolute atomic E-state index is 0.305. The highest BCUT2D eigenvalue weighted by atomic mass is 16.5. The van der Waals surface area contributed by atoms with Gasteiger partial charge >= 0.3 is 11.9 Å². The molecule has 0 aromatic carbocycles. The maximum atomic E-state index is 11.6. The van der Waals surface area contributed by atoms with Gasteiger partial charge in [0.15, 0.2) is 0 Å². The van der Waals surface area contributed by atoms with Crippen molar-refractivity contribution in [2.75, 3.05) is 14.2 Å². The first-order chi connectivity index (χ1) is 9.13. The van der Waals surface area contributed by atoms with E-state index in [4.69, 9.17) is 5.26 Å². The van der Waals surface area contributed by atoms with Crippen LogP contribution in [0.2, 0.25) is 0 Å². The van der Waals surface area contributed by atoms with Crippen LogP contribution in [0.1, 0.15) is 40.1 Å². The smallest absolute Gasteiger partial charge is 0.354 e. The lowest BCUT2D eigenvalue weighted by atomic mass is 10.2. The lowest BCUT2D eigenvalue weighted by molar-refractivity contribution is 0.0587. The Morgan fingerprint density at radius 3 is 2.53 bits per heavy atom. The molecule has 0 N–H and O–H groups in total. The van der Waals surface area contributed by atoms with Crippen LogP contribution in [0.15, 0.2) is 12.3 Å². The molecule has 6 nitrogen and oxygen atoms in total. The number of carbonyl (C=O) groups is 2. The van der Waals surface area contributed by atoms with Gasteiger partial charge in [0, 0.05) is 19.2 Å². The molecular weight excluding hydrogens is 248 g/mol. The number of esters is 2. The molecule has 1 heterocycles. The monoisotopic (exact) mass is 264 g/mol. The summed E-state index contributed by atoms with van der Waals surface area (Å²) >= 11 is 0. The average Bonchev–Trinajstić information content (AvgIpc) is 2.86. The van der Waals surface area contributed by atoms with E-state index < -0.39 is 11.9 Å². The van der Waals surface area contributed by atoms with Crippen LogP contribution in [0.25, 0.3) is 0 Å². The largest absolute Gasteiger partial charge is 0.465 e. The predicted molar refractivity (Wildman–Crippen MR) is 66.6 cm³/mol. The van der Waals surface area contributed by atoms with Gasteiger partial charge in [-0.05, 0) is 18.9 Å². The second-order valence-electron chi connectivity index (χ2n) is 3.91. The van der Waals surface area contributed by atoms with Gasteiger partial charge in [-0.25, -0.2) is 9.59 Å². The molecule has 6 heteroatoms. The third kappa shape index (κ3) is 3.85. The average molecular weight is 264 g/mol. The molecule has 0 radical (unpaired) electrons. The third-order valence-corrected chi connectivity index (χ3v) is 2.65. The second-order valence-corrected chi connectivity index (χ2v) is 3.91. The van der Waals surface area contributed by atoms with Crippen molar-refractivity contribution in [1.29, 1.82) is 5.26 Å². The highest BCUT2D eigenvalue weighted by molar-refractivity contribution is 5.94. The minimum atomic E-state index is -0.504. The summed E-state index contributed by atoms with van der Waals surface area (Å²) in [5, 5.41) is 8.46. The van der Waals surface area contributed by atoms with Gasteiger partial charge in [0.05, 0.1) is 25.9 Å². The number of ether oxygens (including phenoxy) is 2. The number of methoxy groups -OCH3 is 2. The van der Waals surface area contributed by atoms with Crippen molar-refractivity contribution in [3.63, 3.8) is 0 Å². The summed E-state index contributed by atoms with van der Waals surface area (Å²) in [4.78, 5) is 23.0. The molecule has 0 bridgehead atoms. The second kappa shape index (κ2) is 7.21. The number of nitrogens with zero attached hydrogens (tertiary/aromatic N) is 2. The van der Waals surface area contributed by atoms with Crippen LogP contribution in [0.3, 0.4) is 0 Å². The summed E-state index contributed by atoms with van der Waals surface area (Å²) in [5.41, 5.74) is 0.614. The van der Waals surface area contributed by atoms with E-state index in [1.54, 1.807) is 10.8 Å². The van der Waals surface area contributed by atoms with Crippen molar-refractivity contribution in [3.8, 4) is 6.07 Å². The number of aryl methyl sites for hydroxylation is 1. The molecule has 0 saturated carbocycles. The van der Waals surface area contributed by atoms with Crippen molar-refractivity contribution < 1.29 is 19.1 Å². The topological polar surface area (TPSA) is 81.3 Å². The molecule has 1 aromatic heterocycles. The number of carbonyl (C=O) groups excluding carboxylic acids is 2. The normalized spacial score (nSPS) is 9.74. The number of nitriles is 1. The van der Waals surface area contributed by atoms with Crippen LogP contribution in [-0.4, -0.2) is 30.7 Å². The van der Waals surface area contributed by atoms with E-state index in [0.717, 1.165) is 12.8 Å². The van der Waals surface area contributed by atoms with Gasteiger partial charge in [-0.2, -0.15) is 5.26 Å². The number of aromatic nitrogens is 1. The molecule has 0 aliphatic heterocycles. The quantitative estimate of drug-likeness (QED) is 0.577. The van der Waals surface area contributed by atoms with Crippen LogP contribution in [0.5, 0.6) is 0 Å². The summed E-state index contributed by atoms with van der Waals surface area (Å²) in [5.74, 6) is -1.00. The summed E-state index contributed by atoms with van der Waals surface area (Å²) < 4.78 is 10.9. The van der Waals surface area contributed by atoms with Gasteiger partial charge in [0.25, 0.3) is 0 Å². The standard InChI is InChI=1S/C13H16N2O4/c1-18-12(16)10-8-11(13(17)19-2)15(9-10)7-5-3-4-6-14/h8-9H,3-5,7H2,1-2H3. The fraction of sp³-hybridized carbons (Fsp3) is 0.462. The van der Waals surface area contributed by atoms with Gasteiger partial charge in [0.2, 0.25) is 0 Å². The van der Waals surface area contributed by atoms with E-state index in [1.165, 1.54) is 20.3 Å². The zero-order valence-electron chi connectivity index (χ0n) is 11.0. The van der Waals surface area contributed by atoms with E-state index in [-0.39, 0.29) is 0 Å². The highest BCUT2D eigenvalue weighted by Crippen LogP contribution is 2.13. The lowest BCUT2D eigenvalue weighted by Crippen LogP contribution is -2.10. The van der Waals surface area contributed by atoms with E-state index in [2.05, 4.69) is 15.5 Å². The van der Waals surface area contributed by atoms with Crippen molar-refractivity contribution in [1.82, 2.24) is 4.57 Å². The molecule has 0 unspecified atom stereocenters. The number of rotatable bonds is 6. The van der Waals surface area contributed by atoms with Crippen molar-refractivity contribution in [2.45, 2.75) is 25.8 Å². The summed E-state index contributed by atoms with van der Waals surface area (Å²) in [7, 11) is 2.57. The maximum absolute atomic E-state index is 11.6. The lowest BCUT2D eigenvalue weighted by Gasteiger charge is -2.06. The number of hydrogen-bond acceptors (Lipinski definition) is 5. The van der Waals surface area contributed by atoms with Gasteiger partial charge < -0.3 is 14.0 Å². The molecule has 102 valence electrons. The van der Waals surface area contributed by atoms with Crippen molar-refractivity contribution >= 4 is 11.9 Å². The van der Waals surface area contributed by atoms with Gasteiger partial charge in [-0.15, -0.1) is 0 Å². The van der Waals surface area contributed by atoms with Crippen molar-refractivity contribution in [3.05, 3.63) is 23.5 Å². The Bertz CT molecular complexity index is 499. The molecule has 0 spiro atoms. The predicted octanol–water partition coefficient (Wildman–Crippen LogP) is 1.76. The Morgan fingerprint density at radius 1 is 1.26 bits per heavy atom. The summed E-state index contributed by atoms with van der Waals surface area (Å²) in [6.45, 7) is 0.545. The molecule has 0 aliphatic carbocycles. The molecule has 0 amide bonds. The molecule has 1 rings (SSSR count). The van der Waals surface area contributed by atoms with Crippen LogP contribution in [0.4, 0.5) is 0 Å². The fourth-order valence-corrected chi connectivity index (χ4v) is 1.69. The molecule has 0 fully saturated rings. The Morgan fingerprint density at radius 2 is 1.95 bits per heavy atom. The SMILES string of the molecule is COC(=O)c1cc(C(=O)OC)n(CCCCC#N)c1. The Labute approximate surface area is 111 Å². The van der Waals surface area contributed by atoms with Crippen LogP contribution in [-0.2, 0) is 16.0 Å². The van der Waals surface area contributed by atoms with E-state index >= 15 is 0 Å². The molecule has 0 saturated heterocycles. The molecular formula is C13H16N2O4. The number of hydrogen-bond donors (Lipinski definition) is 0. The van der Waals surface area contributed by atoms with Gasteiger partial charge in [0.1, 0.15) is 5.69 Å². The maximum Gasteiger partial charge on any atom is 0.354 e. The zero-order chi connectivity index (χ0) is 14.3. The first-order valence-corrected chi connectivity index (χ1v) is 5.87. The summed E-state index contributed by atoms with van der Waals surface area (Å²) in [6, 6.07) is 3.51. The van der Waals surface area contributed by atoms with Crippen LogP contribution in [0, 0.1) is 11.3 Å². The minimum Gasteiger partial charge on any atom is -0.465 e. The number of unbranched alkanes of at least 4 members (excludes halogenated alkanes) is 2. The first kappa shape index (κ1) is 14.8. The first-order valence-electron chi connectivity index (χ1n) is 5.87. The molecule has 0 aliphatic rings. The van der Waals surface area contributed by atoms with Gasteiger partial charge in [-0.3, -0.25) is 0 Å². The Kier molecular flexibility index (Phi) is 5.61. The molecule has 19 heavy (non-hydrogen) atoms. The summed E-state index contributed by atoms with van der Waals surface area (Å²) in [6.07, 6.45) is 3.51. The van der Waals surface area contributed by atoms with E-state index in [1.807, 2.05) is 0 Å².